The Morgan fingerprint density at radius 3 is 1.97 bits per heavy atom. The number of hydrogen-bond donors (Lipinski definition) is 1. The molecule has 180 valence electrons. The minimum absolute atomic E-state index is 0.246. The average Bonchev–Trinajstić information content (AvgIpc) is 3.14. The third-order valence-corrected chi connectivity index (χ3v) is 23.6. The van der Waals surface area contributed by atoms with Crippen LogP contribution in [-0.2, 0) is 6.54 Å². The van der Waals surface area contributed by atoms with Crippen molar-refractivity contribution in [3.05, 3.63) is 57.2 Å². The summed E-state index contributed by atoms with van der Waals surface area (Å²) in [5.74, 6) is 0. The Bertz CT molecular complexity index is 689. The molecule has 1 aliphatic heterocycles. The van der Waals surface area contributed by atoms with Gasteiger partial charge in [-0.2, -0.15) is 0 Å². The number of unbranched alkanes of at least 4 members (excludes halogenated alkanes) is 3. The second kappa shape index (κ2) is 14.6. The van der Waals surface area contributed by atoms with Gasteiger partial charge in [-0.3, -0.25) is 0 Å². The van der Waals surface area contributed by atoms with E-state index in [-0.39, 0.29) is 6.10 Å². The minimum atomic E-state index is -2.75. The summed E-state index contributed by atoms with van der Waals surface area (Å²) in [6, 6.07) is 10.8. The number of hydrogen-bond acceptors (Lipinski definition) is 2. The summed E-state index contributed by atoms with van der Waals surface area (Å²) in [6.45, 7) is 16.7. The molecule has 0 saturated carbocycles. The van der Waals surface area contributed by atoms with Crippen molar-refractivity contribution >= 4 is 18.4 Å². The van der Waals surface area contributed by atoms with Gasteiger partial charge in [-0.05, 0) is 0 Å². The van der Waals surface area contributed by atoms with Crippen molar-refractivity contribution in [3.8, 4) is 0 Å². The maximum atomic E-state index is 11.6. The van der Waals surface area contributed by atoms with Gasteiger partial charge in [-0.1, -0.05) is 0 Å². The Morgan fingerprint density at radius 1 is 0.906 bits per heavy atom. The molecule has 1 N–H and O–H groups in total. The van der Waals surface area contributed by atoms with Crippen LogP contribution in [0.4, 0.5) is 0 Å². The summed E-state index contributed by atoms with van der Waals surface area (Å²) in [5, 5.41) is 11.6. The molecule has 0 spiro atoms. The van der Waals surface area contributed by atoms with E-state index in [9.17, 15) is 5.11 Å². The number of likely N-dealkylation sites (tertiary alicyclic amines) is 1. The molecular weight excluding hydrogens is 497 g/mol. The standard InChI is InChI=1S/C17H22NO.3C4H9.Sn/c1-3-7-17(19)10-16-13-18(11-14(16)2)12-15-8-5-4-6-9-15;3*1-3-4-2;/h4-6,8-9,17,19H,2-3,7,11-13H2,1H3;3*1,3-4H2,2H3;. The Hall–Kier alpha value is -0.581. The van der Waals surface area contributed by atoms with Crippen LogP contribution < -0.4 is 0 Å². The Balaban J connectivity index is 2.48. The van der Waals surface area contributed by atoms with Crippen LogP contribution in [0, 0.1) is 0 Å². The molecule has 3 heteroatoms. The number of benzene rings is 1. The fourth-order valence-electron chi connectivity index (χ4n) is 5.60. The second-order valence-corrected chi connectivity index (χ2v) is 23.1. The van der Waals surface area contributed by atoms with Crippen LogP contribution in [0.2, 0.25) is 13.3 Å². The van der Waals surface area contributed by atoms with Gasteiger partial charge < -0.3 is 0 Å². The molecule has 1 saturated heterocycles. The van der Waals surface area contributed by atoms with Gasteiger partial charge in [0, 0.05) is 0 Å². The Labute approximate surface area is 203 Å². The molecule has 1 atom stereocenters. The van der Waals surface area contributed by atoms with E-state index in [4.69, 9.17) is 0 Å². The van der Waals surface area contributed by atoms with Crippen LogP contribution in [0.15, 0.2) is 51.6 Å². The van der Waals surface area contributed by atoms with Crippen molar-refractivity contribution in [3.63, 3.8) is 0 Å². The molecule has 32 heavy (non-hydrogen) atoms. The Morgan fingerprint density at radius 2 is 1.47 bits per heavy atom. The van der Waals surface area contributed by atoms with Crippen LogP contribution in [0.3, 0.4) is 0 Å². The first-order chi connectivity index (χ1) is 15.5. The molecule has 0 aromatic heterocycles. The van der Waals surface area contributed by atoms with Crippen molar-refractivity contribution in [1.82, 2.24) is 4.90 Å². The van der Waals surface area contributed by atoms with Gasteiger partial charge in [0.15, 0.2) is 0 Å². The molecular formula is C29H49NOSn. The van der Waals surface area contributed by atoms with Crippen molar-refractivity contribution in [2.45, 2.75) is 105 Å². The van der Waals surface area contributed by atoms with Gasteiger partial charge in [0.2, 0.25) is 0 Å². The molecule has 1 aromatic carbocycles. The van der Waals surface area contributed by atoms with Gasteiger partial charge in [0.25, 0.3) is 0 Å². The van der Waals surface area contributed by atoms with E-state index in [1.165, 1.54) is 68.5 Å². The molecule has 0 radical (unpaired) electrons. The van der Waals surface area contributed by atoms with Crippen molar-refractivity contribution < 1.29 is 5.11 Å². The van der Waals surface area contributed by atoms with Crippen LogP contribution >= 0.6 is 0 Å². The van der Waals surface area contributed by atoms with Gasteiger partial charge in [-0.15, -0.1) is 0 Å². The first-order valence-corrected chi connectivity index (χ1v) is 20.8. The predicted octanol–water partition coefficient (Wildman–Crippen LogP) is 7.90. The predicted molar refractivity (Wildman–Crippen MR) is 144 cm³/mol. The fraction of sp³-hybridized carbons (Fsp3) is 0.655. The molecule has 1 aromatic rings. The van der Waals surface area contributed by atoms with E-state index in [1.54, 1.807) is 3.59 Å². The van der Waals surface area contributed by atoms with Crippen molar-refractivity contribution in [1.29, 1.82) is 0 Å². The van der Waals surface area contributed by atoms with E-state index >= 15 is 0 Å². The topological polar surface area (TPSA) is 23.5 Å². The zero-order chi connectivity index (χ0) is 23.4. The molecule has 0 aliphatic carbocycles. The van der Waals surface area contributed by atoms with Crippen molar-refractivity contribution in [2.24, 2.45) is 0 Å². The summed E-state index contributed by atoms with van der Waals surface area (Å²) < 4.78 is 5.82. The molecule has 1 fully saturated rings. The summed E-state index contributed by atoms with van der Waals surface area (Å²) in [7, 11) is 0. The molecule has 1 aliphatic rings. The number of aliphatic hydroxyl groups is 1. The van der Waals surface area contributed by atoms with Crippen LogP contribution in [0.5, 0.6) is 0 Å². The summed E-state index contributed by atoms with van der Waals surface area (Å²) in [4.78, 5) is 2.54. The maximum absolute atomic E-state index is 11.6. The van der Waals surface area contributed by atoms with E-state index < -0.39 is 18.4 Å². The second-order valence-electron chi connectivity index (χ2n) is 10.0. The number of nitrogens with zero attached hydrogens (tertiary/aromatic N) is 1. The normalized spacial score (nSPS) is 17.7. The molecule has 2 nitrogen and oxygen atoms in total. The van der Waals surface area contributed by atoms with E-state index in [0.29, 0.717) is 0 Å². The SMILES string of the molecule is C=C1CN(Cc2ccccc2)C/C1=[C](\C(O)CCC)[Sn]([CH2]CCC)([CH2]CCC)[CH2]CCC. The van der Waals surface area contributed by atoms with Crippen LogP contribution in [0.25, 0.3) is 0 Å². The van der Waals surface area contributed by atoms with Crippen LogP contribution in [0.1, 0.15) is 84.6 Å². The van der Waals surface area contributed by atoms with Gasteiger partial charge in [0.05, 0.1) is 0 Å². The Kier molecular flexibility index (Phi) is 12.6. The quantitative estimate of drug-likeness (QED) is 0.226. The van der Waals surface area contributed by atoms with Gasteiger partial charge in [0.1, 0.15) is 0 Å². The van der Waals surface area contributed by atoms with E-state index in [2.05, 4.69) is 69.5 Å². The van der Waals surface area contributed by atoms with Gasteiger partial charge in [-0.25, -0.2) is 0 Å². The molecule has 0 amide bonds. The molecule has 1 unspecified atom stereocenters. The summed E-state index contributed by atoms with van der Waals surface area (Å²) in [6.07, 6.45) is 9.52. The molecule has 2 rings (SSSR count). The zero-order valence-electron chi connectivity index (χ0n) is 21.5. The zero-order valence-corrected chi connectivity index (χ0v) is 24.3. The van der Waals surface area contributed by atoms with E-state index in [1.807, 2.05) is 0 Å². The molecule has 0 bridgehead atoms. The fourth-order valence-corrected chi connectivity index (χ4v) is 23.9. The number of rotatable bonds is 15. The van der Waals surface area contributed by atoms with Crippen LogP contribution in [-0.4, -0.2) is 47.6 Å². The first kappa shape index (κ1) is 27.7. The summed E-state index contributed by atoms with van der Waals surface area (Å²) >= 11 is -2.75. The van der Waals surface area contributed by atoms with Crippen molar-refractivity contribution in [2.75, 3.05) is 13.1 Å². The third-order valence-electron chi connectivity index (χ3n) is 7.29. The number of aliphatic hydroxyl groups excluding tert-OH is 1. The molecule has 1 heterocycles. The summed E-state index contributed by atoms with van der Waals surface area (Å²) in [5.41, 5.74) is 4.13. The van der Waals surface area contributed by atoms with Gasteiger partial charge >= 0.3 is 204 Å². The van der Waals surface area contributed by atoms with E-state index in [0.717, 1.165) is 32.5 Å². The first-order valence-electron chi connectivity index (χ1n) is 13.4. The average molecular weight is 546 g/mol. The monoisotopic (exact) mass is 547 g/mol. The third kappa shape index (κ3) is 7.74.